The van der Waals surface area contributed by atoms with Crippen LogP contribution in [0.5, 0.6) is 0 Å². The van der Waals surface area contributed by atoms with Crippen molar-refractivity contribution in [1.29, 1.82) is 0 Å². The minimum atomic E-state index is -0.415. The van der Waals surface area contributed by atoms with Gasteiger partial charge in [0.2, 0.25) is 5.95 Å². The summed E-state index contributed by atoms with van der Waals surface area (Å²) < 4.78 is 15.4. The molecule has 0 spiro atoms. The van der Waals surface area contributed by atoms with E-state index in [1.54, 1.807) is 34.8 Å². The van der Waals surface area contributed by atoms with E-state index in [-0.39, 0.29) is 11.5 Å². The van der Waals surface area contributed by atoms with Gasteiger partial charge in [0.1, 0.15) is 11.5 Å². The molecule has 32 heavy (non-hydrogen) atoms. The lowest BCUT2D eigenvalue weighted by atomic mass is 10.1. The quantitative estimate of drug-likeness (QED) is 0.459. The van der Waals surface area contributed by atoms with E-state index in [0.29, 0.717) is 28.9 Å². The Morgan fingerprint density at radius 3 is 2.72 bits per heavy atom. The van der Waals surface area contributed by atoms with Crippen LogP contribution >= 0.6 is 0 Å². The van der Waals surface area contributed by atoms with Crippen LogP contribution in [0.4, 0.5) is 16.0 Å². The number of fused-ring (bicyclic) bond motifs is 3. The van der Waals surface area contributed by atoms with E-state index in [9.17, 15) is 9.18 Å². The third kappa shape index (κ3) is 3.17. The van der Waals surface area contributed by atoms with Crippen molar-refractivity contribution in [1.82, 2.24) is 24.6 Å². The standard InChI is InChI=1S/C24H17FN6O/c25-16-6-3-5-15(13-16)21-29-22-20-17(14-10-11-14)7-4-9-18(20)27-24(31(22)30-21)28-19-8-1-2-12-26-23(19)32/h1-9,12-14H,10-11H2,(H,26,27,28,32). The molecule has 6 rings (SSSR count). The topological polar surface area (TPSA) is 85.1 Å². The number of rotatable bonds is 4. The zero-order valence-corrected chi connectivity index (χ0v) is 16.9. The summed E-state index contributed by atoms with van der Waals surface area (Å²) in [6.07, 6.45) is 3.69. The molecule has 8 heteroatoms. The number of aromatic nitrogens is 5. The summed E-state index contributed by atoms with van der Waals surface area (Å²) in [6.45, 7) is 0. The van der Waals surface area contributed by atoms with E-state index >= 15 is 0 Å². The molecule has 0 unspecified atom stereocenters. The molecule has 1 aliphatic carbocycles. The number of nitrogens with one attached hydrogen (secondary N) is 1. The first kappa shape index (κ1) is 18.6. The van der Waals surface area contributed by atoms with Gasteiger partial charge in [-0.25, -0.2) is 19.3 Å². The molecule has 0 radical (unpaired) electrons. The van der Waals surface area contributed by atoms with E-state index in [4.69, 9.17) is 9.97 Å². The first-order chi connectivity index (χ1) is 15.7. The minimum absolute atomic E-state index is 0.268. The van der Waals surface area contributed by atoms with Gasteiger partial charge in [-0.1, -0.05) is 30.3 Å². The summed E-state index contributed by atoms with van der Waals surface area (Å²) in [7, 11) is 0. The largest absolute Gasteiger partial charge is 0.319 e. The van der Waals surface area contributed by atoms with E-state index in [1.165, 1.54) is 23.9 Å². The van der Waals surface area contributed by atoms with Crippen LogP contribution in [0.15, 0.2) is 71.7 Å². The van der Waals surface area contributed by atoms with Gasteiger partial charge in [0, 0.05) is 17.1 Å². The molecule has 2 aromatic carbocycles. The van der Waals surface area contributed by atoms with Gasteiger partial charge < -0.3 is 5.32 Å². The third-order valence-corrected chi connectivity index (χ3v) is 5.56. The van der Waals surface area contributed by atoms with Gasteiger partial charge in [-0.15, -0.1) is 5.10 Å². The molecule has 1 fully saturated rings. The summed E-state index contributed by atoms with van der Waals surface area (Å²) in [4.78, 5) is 25.7. The van der Waals surface area contributed by atoms with Crippen LogP contribution in [-0.2, 0) is 0 Å². The van der Waals surface area contributed by atoms with Gasteiger partial charge in [-0.3, -0.25) is 4.79 Å². The Bertz CT molecular complexity index is 1560. The molecule has 1 N–H and O–H groups in total. The summed E-state index contributed by atoms with van der Waals surface area (Å²) in [5.41, 5.74) is 2.96. The van der Waals surface area contributed by atoms with Crippen molar-refractivity contribution in [2.45, 2.75) is 18.8 Å². The first-order valence-corrected chi connectivity index (χ1v) is 10.3. The Labute approximate surface area is 181 Å². The van der Waals surface area contributed by atoms with Gasteiger partial charge in [-0.05, 0) is 54.7 Å². The maximum Gasteiger partial charge on any atom is 0.293 e. The molecule has 1 aliphatic rings. The second-order valence-electron chi connectivity index (χ2n) is 7.81. The van der Waals surface area contributed by atoms with Crippen molar-refractivity contribution in [3.8, 4) is 11.4 Å². The van der Waals surface area contributed by atoms with Gasteiger partial charge in [0.15, 0.2) is 11.5 Å². The highest BCUT2D eigenvalue weighted by molar-refractivity contribution is 5.96. The number of hydrogen-bond donors (Lipinski definition) is 1. The van der Waals surface area contributed by atoms with Gasteiger partial charge in [0.25, 0.3) is 5.56 Å². The number of nitrogens with zero attached hydrogens (tertiary/aromatic N) is 5. The molecule has 7 nitrogen and oxygen atoms in total. The third-order valence-electron chi connectivity index (χ3n) is 5.56. The lowest BCUT2D eigenvalue weighted by Crippen LogP contribution is -2.12. The maximum atomic E-state index is 13.9. The Balaban J connectivity index is 1.63. The highest BCUT2D eigenvalue weighted by Gasteiger charge is 2.28. The highest BCUT2D eigenvalue weighted by Crippen LogP contribution is 2.44. The van der Waals surface area contributed by atoms with Gasteiger partial charge in [0.05, 0.1) is 5.52 Å². The monoisotopic (exact) mass is 424 g/mol. The normalized spacial score (nSPS) is 13.5. The van der Waals surface area contributed by atoms with Crippen LogP contribution in [0.3, 0.4) is 0 Å². The zero-order chi connectivity index (χ0) is 21.7. The molecular weight excluding hydrogens is 407 g/mol. The van der Waals surface area contributed by atoms with Crippen LogP contribution < -0.4 is 10.9 Å². The smallest absolute Gasteiger partial charge is 0.293 e. The van der Waals surface area contributed by atoms with Crippen molar-refractivity contribution < 1.29 is 4.39 Å². The second-order valence-corrected chi connectivity index (χ2v) is 7.81. The van der Waals surface area contributed by atoms with Crippen molar-refractivity contribution >= 4 is 28.2 Å². The van der Waals surface area contributed by atoms with Crippen LogP contribution in [0.1, 0.15) is 24.3 Å². The summed E-state index contributed by atoms with van der Waals surface area (Å²) in [5.74, 6) is 0.829. The van der Waals surface area contributed by atoms with Gasteiger partial charge in [-0.2, -0.15) is 4.52 Å². The Kier molecular flexibility index (Phi) is 4.17. The molecule has 3 heterocycles. The van der Waals surface area contributed by atoms with E-state index in [0.717, 1.165) is 23.7 Å². The molecule has 5 aromatic rings. The van der Waals surface area contributed by atoms with E-state index in [1.807, 2.05) is 12.1 Å². The van der Waals surface area contributed by atoms with Gasteiger partial charge >= 0.3 is 0 Å². The fraction of sp³-hybridized carbons (Fsp3) is 0.125. The van der Waals surface area contributed by atoms with Crippen LogP contribution in [0, 0.1) is 5.82 Å². The predicted molar refractivity (Wildman–Crippen MR) is 119 cm³/mol. The average Bonchev–Trinajstić information content (AvgIpc) is 3.57. The lowest BCUT2D eigenvalue weighted by molar-refractivity contribution is 0.628. The highest BCUT2D eigenvalue weighted by atomic mass is 19.1. The number of anilines is 2. The van der Waals surface area contributed by atoms with Crippen LogP contribution in [0.2, 0.25) is 0 Å². The van der Waals surface area contributed by atoms with Crippen molar-refractivity contribution in [2.75, 3.05) is 5.32 Å². The minimum Gasteiger partial charge on any atom is -0.319 e. The first-order valence-electron chi connectivity index (χ1n) is 10.3. The van der Waals surface area contributed by atoms with Crippen LogP contribution in [-0.4, -0.2) is 24.6 Å². The summed E-state index contributed by atoms with van der Waals surface area (Å²) >= 11 is 0. The fourth-order valence-electron chi connectivity index (χ4n) is 3.91. The maximum absolute atomic E-state index is 13.9. The fourth-order valence-corrected chi connectivity index (χ4v) is 3.91. The van der Waals surface area contributed by atoms with Crippen LogP contribution in [0.25, 0.3) is 27.9 Å². The molecule has 156 valence electrons. The molecule has 1 saturated carbocycles. The number of halogens is 1. The molecule has 0 amide bonds. The van der Waals surface area contributed by atoms with Crippen molar-refractivity contribution in [3.63, 3.8) is 0 Å². The number of hydrogen-bond acceptors (Lipinski definition) is 6. The van der Waals surface area contributed by atoms with Crippen molar-refractivity contribution in [3.05, 3.63) is 88.6 Å². The summed E-state index contributed by atoms with van der Waals surface area (Å²) in [5, 5.41) is 8.62. The SMILES string of the molecule is O=c1nccccc1Nc1nc2cccc(C3CC3)c2c2nc(-c3cccc(F)c3)nn12. The molecular formula is C24H17FN6O. The second kappa shape index (κ2) is 7.19. The molecule has 0 atom stereocenters. The Morgan fingerprint density at radius 2 is 1.88 bits per heavy atom. The summed E-state index contributed by atoms with van der Waals surface area (Å²) in [6, 6.07) is 17.2. The Hall–Kier alpha value is -4.20. The Morgan fingerprint density at radius 1 is 1.00 bits per heavy atom. The molecule has 0 saturated heterocycles. The van der Waals surface area contributed by atoms with Crippen molar-refractivity contribution in [2.24, 2.45) is 0 Å². The molecule has 3 aromatic heterocycles. The average molecular weight is 424 g/mol. The predicted octanol–water partition coefficient (Wildman–Crippen LogP) is 4.46. The number of benzene rings is 2. The van der Waals surface area contributed by atoms with E-state index < -0.39 is 5.56 Å². The van der Waals surface area contributed by atoms with E-state index in [2.05, 4.69) is 21.5 Å². The molecule has 0 bridgehead atoms. The lowest BCUT2D eigenvalue weighted by Gasteiger charge is -2.10. The molecule has 0 aliphatic heterocycles. The zero-order valence-electron chi connectivity index (χ0n) is 16.9.